The van der Waals surface area contributed by atoms with E-state index in [2.05, 4.69) is 25.9 Å². The Kier molecular flexibility index (Phi) is 13.9. The number of amides is 5. The molecule has 0 aliphatic carbocycles. The first-order valence-corrected chi connectivity index (χ1v) is 19.8. The van der Waals surface area contributed by atoms with Crippen molar-refractivity contribution in [3.05, 3.63) is 46.8 Å². The third-order valence-electron chi connectivity index (χ3n) is 9.94. The van der Waals surface area contributed by atoms with E-state index in [1.54, 1.807) is 31.7 Å². The molecule has 15 nitrogen and oxygen atoms in total. The maximum Gasteiger partial charge on any atom is 0.471 e. The molecule has 2 fully saturated rings. The van der Waals surface area contributed by atoms with Crippen LogP contribution in [0.4, 0.5) is 34.4 Å². The second-order valence-corrected chi connectivity index (χ2v) is 16.9. The summed E-state index contributed by atoms with van der Waals surface area (Å²) in [6.07, 6.45) is -1.54. The van der Waals surface area contributed by atoms with Crippen LogP contribution in [0.25, 0.3) is 0 Å². The second kappa shape index (κ2) is 18.3. The number of halogens is 3. The Balaban J connectivity index is 0.000000226. The van der Waals surface area contributed by atoms with E-state index in [1.165, 1.54) is 4.90 Å². The fourth-order valence-electron chi connectivity index (χ4n) is 7.09. The van der Waals surface area contributed by atoms with Crippen molar-refractivity contribution in [3.63, 3.8) is 0 Å². The molecule has 5 amide bonds. The number of rotatable bonds is 6. The Morgan fingerprint density at radius 2 is 1.10 bits per heavy atom. The first-order valence-electron chi connectivity index (χ1n) is 19.8. The third kappa shape index (κ3) is 12.5. The lowest BCUT2D eigenvalue weighted by Crippen LogP contribution is -2.52. The van der Waals surface area contributed by atoms with Gasteiger partial charge in [0.15, 0.2) is 0 Å². The van der Waals surface area contributed by atoms with Gasteiger partial charge in [0.25, 0.3) is 0 Å². The van der Waals surface area contributed by atoms with E-state index in [-0.39, 0.29) is 56.4 Å². The Hall–Kier alpha value is -5.00. The fraction of sp³-hybridized carbons (Fsp3) is 0.625. The van der Waals surface area contributed by atoms with Gasteiger partial charge in [-0.05, 0) is 116 Å². The summed E-state index contributed by atoms with van der Waals surface area (Å²) in [5.74, 6) is -0.939. The van der Waals surface area contributed by atoms with Gasteiger partial charge in [-0.15, -0.1) is 0 Å². The molecule has 6 rings (SSSR count). The monoisotopic (exact) mass is 816 g/mol. The Morgan fingerprint density at radius 1 is 0.690 bits per heavy atom. The van der Waals surface area contributed by atoms with Crippen molar-refractivity contribution in [2.75, 3.05) is 36.8 Å². The van der Waals surface area contributed by atoms with Gasteiger partial charge in [0.2, 0.25) is 11.8 Å². The normalized spacial score (nSPS) is 17.7. The maximum absolute atomic E-state index is 12.9. The number of hydrogen-bond acceptors (Lipinski definition) is 10. The molecule has 58 heavy (non-hydrogen) atoms. The van der Waals surface area contributed by atoms with Crippen LogP contribution >= 0.6 is 0 Å². The van der Waals surface area contributed by atoms with E-state index < -0.39 is 35.4 Å². The molecule has 18 heteroatoms. The fourth-order valence-corrected chi connectivity index (χ4v) is 7.09. The average Bonchev–Trinajstić information content (AvgIpc) is 3.14. The van der Waals surface area contributed by atoms with Crippen LogP contribution in [0, 0.1) is 0 Å². The van der Waals surface area contributed by atoms with E-state index >= 15 is 0 Å². The van der Waals surface area contributed by atoms with Crippen LogP contribution in [0.2, 0.25) is 0 Å². The van der Waals surface area contributed by atoms with Crippen LogP contribution in [0.3, 0.4) is 0 Å². The molecule has 318 valence electrons. The molecule has 3 N–H and O–H groups in total. The minimum absolute atomic E-state index is 0.00972. The average molecular weight is 817 g/mol. The number of carbonyl (C=O) groups excluding carboxylic acids is 5. The van der Waals surface area contributed by atoms with Gasteiger partial charge in [0.1, 0.15) is 22.8 Å². The molecule has 0 aromatic carbocycles. The highest BCUT2D eigenvalue weighted by Gasteiger charge is 2.44. The van der Waals surface area contributed by atoms with E-state index in [1.807, 2.05) is 39.0 Å². The molecule has 0 atom stereocenters. The highest BCUT2D eigenvalue weighted by molar-refractivity contribution is 5.93. The summed E-state index contributed by atoms with van der Waals surface area (Å²) in [5.41, 5.74) is 1.91. The first kappa shape index (κ1) is 44.1. The van der Waals surface area contributed by atoms with Crippen LogP contribution in [0.15, 0.2) is 24.3 Å². The topological polar surface area (TPSA) is 175 Å². The Bertz CT molecular complexity index is 1830. The van der Waals surface area contributed by atoms with Crippen LogP contribution in [-0.4, -0.2) is 110 Å². The predicted molar refractivity (Wildman–Crippen MR) is 207 cm³/mol. The van der Waals surface area contributed by atoms with Crippen LogP contribution in [-0.2, 0) is 49.8 Å². The second-order valence-electron chi connectivity index (χ2n) is 16.9. The van der Waals surface area contributed by atoms with E-state index in [4.69, 9.17) is 9.47 Å². The molecule has 0 unspecified atom stereocenters. The van der Waals surface area contributed by atoms with Crippen molar-refractivity contribution in [1.82, 2.24) is 30.0 Å². The smallest absolute Gasteiger partial charge is 0.444 e. The molecule has 0 spiro atoms. The highest BCUT2D eigenvalue weighted by atomic mass is 19.4. The quantitative estimate of drug-likeness (QED) is 0.328. The number of aromatic nitrogens is 2. The van der Waals surface area contributed by atoms with Gasteiger partial charge in [-0.3, -0.25) is 24.2 Å². The van der Waals surface area contributed by atoms with Crippen molar-refractivity contribution in [2.24, 2.45) is 0 Å². The van der Waals surface area contributed by atoms with E-state index in [0.717, 1.165) is 47.7 Å². The largest absolute Gasteiger partial charge is 0.471 e. The Morgan fingerprint density at radius 3 is 1.50 bits per heavy atom. The molecule has 0 saturated carbocycles. The number of likely N-dealkylation sites (tertiary alicyclic amines) is 1. The molecule has 2 saturated heterocycles. The molecule has 6 heterocycles. The number of anilines is 2. The molecule has 4 aliphatic heterocycles. The summed E-state index contributed by atoms with van der Waals surface area (Å²) in [6, 6.07) is 7.24. The molecule has 2 aromatic heterocycles. The summed E-state index contributed by atoms with van der Waals surface area (Å²) >= 11 is 0. The van der Waals surface area contributed by atoms with Gasteiger partial charge < -0.3 is 30.3 Å². The number of piperidine rings is 2. The molecular weight excluding hydrogens is 761 g/mol. The zero-order valence-electron chi connectivity index (χ0n) is 34.1. The number of nitrogens with one attached hydrogen (secondary N) is 3. The van der Waals surface area contributed by atoms with Gasteiger partial charge in [-0.25, -0.2) is 19.6 Å². The minimum Gasteiger partial charge on any atom is -0.444 e. The maximum atomic E-state index is 12.9. The molecule has 0 bridgehead atoms. The van der Waals surface area contributed by atoms with Gasteiger partial charge in [0, 0.05) is 38.0 Å². The summed E-state index contributed by atoms with van der Waals surface area (Å²) in [6.45, 7) is 12.8. The summed E-state index contributed by atoms with van der Waals surface area (Å²) in [4.78, 5) is 73.6. The predicted octanol–water partition coefficient (Wildman–Crippen LogP) is 5.71. The van der Waals surface area contributed by atoms with Gasteiger partial charge >= 0.3 is 24.3 Å². The third-order valence-corrected chi connectivity index (χ3v) is 9.94. The summed E-state index contributed by atoms with van der Waals surface area (Å²) in [5, 5.41) is 8.87. The molecule has 2 aromatic rings. The summed E-state index contributed by atoms with van der Waals surface area (Å²) < 4.78 is 49.4. The highest BCUT2D eigenvalue weighted by Crippen LogP contribution is 2.28. The van der Waals surface area contributed by atoms with Crippen molar-refractivity contribution < 1.29 is 46.6 Å². The van der Waals surface area contributed by atoms with Crippen molar-refractivity contribution >= 4 is 41.5 Å². The minimum atomic E-state index is -4.92. The van der Waals surface area contributed by atoms with E-state index in [0.29, 0.717) is 49.6 Å². The molecule has 0 radical (unpaired) electrons. The Labute approximate surface area is 336 Å². The number of pyridine rings is 2. The van der Waals surface area contributed by atoms with Crippen molar-refractivity contribution in [2.45, 2.75) is 135 Å². The number of carbonyl (C=O) groups is 5. The summed E-state index contributed by atoms with van der Waals surface area (Å²) in [7, 11) is 0. The van der Waals surface area contributed by atoms with Crippen LogP contribution in [0.5, 0.6) is 0 Å². The number of hydrogen-bond donors (Lipinski definition) is 3. The standard InChI is InChI=1S/C21H27F3N4O4.C19H28N4O3/c1-20(2,3)32-19(31)28(15-8-10-27(11-9-15)18(30)21(22,23)24)12-14-6-4-13-5-7-16(29)26-17(13)25-14;1-19(2,3)26-18(25)23(15-8-10-20-11-9-15)12-14-6-4-13-5-7-16(24)22-17(13)21-14/h4,6,15H,5,7-12H2,1-3H3,(H,25,26,29);4,6,15,20H,5,7-12H2,1-3H3,(H,21,22,24). The zero-order valence-corrected chi connectivity index (χ0v) is 34.1. The van der Waals surface area contributed by atoms with E-state index in [9.17, 15) is 37.1 Å². The molecule has 4 aliphatic rings. The van der Waals surface area contributed by atoms with Gasteiger partial charge in [-0.2, -0.15) is 13.2 Å². The van der Waals surface area contributed by atoms with Crippen LogP contribution < -0.4 is 16.0 Å². The number of aryl methyl sites for hydroxylation is 2. The van der Waals surface area contributed by atoms with Gasteiger partial charge in [0.05, 0.1) is 24.5 Å². The van der Waals surface area contributed by atoms with Crippen molar-refractivity contribution in [3.8, 4) is 0 Å². The van der Waals surface area contributed by atoms with Crippen molar-refractivity contribution in [1.29, 1.82) is 0 Å². The lowest BCUT2D eigenvalue weighted by Gasteiger charge is -2.39. The van der Waals surface area contributed by atoms with Gasteiger partial charge in [-0.1, -0.05) is 12.1 Å². The van der Waals surface area contributed by atoms with Crippen LogP contribution in [0.1, 0.15) is 103 Å². The number of nitrogens with zero attached hydrogens (tertiary/aromatic N) is 5. The zero-order chi connectivity index (χ0) is 42.4. The number of fused-ring (bicyclic) bond motifs is 2. The SMILES string of the molecule is CC(C)(C)OC(=O)N(Cc1ccc2c(n1)NC(=O)CC2)C1CCN(C(=O)C(F)(F)F)CC1.CC(C)(C)OC(=O)N(Cc1ccc2c(n1)NC(=O)CC2)C1CCNCC1. The lowest BCUT2D eigenvalue weighted by atomic mass is 10.0. The molecular formula is C40H55F3N8O7. The first-order chi connectivity index (χ1) is 27.1. The lowest BCUT2D eigenvalue weighted by molar-refractivity contribution is -0.186. The number of alkyl halides is 3. The number of ether oxygens (including phenoxy) is 2.